The zero-order valence-electron chi connectivity index (χ0n) is 18.2. The Balaban J connectivity index is 0.000000406. The standard InChI is InChI=1S/C21H20N4OS.C2HF3O2/c1-14(2)21-24-17(13-27-21)19-11-16(18-8-4-6-10-25(18)19)20(26)23-12-15-7-3-5-9-22-15;3-2(4,5)1(6)7/h3-11,13-14H,12H2,1-2H3,(H,23,26);(H,6,7). The summed E-state index contributed by atoms with van der Waals surface area (Å²) < 4.78 is 33.8. The molecule has 0 aliphatic carbocycles. The highest BCUT2D eigenvalue weighted by molar-refractivity contribution is 7.10. The van der Waals surface area contributed by atoms with Crippen LogP contribution in [-0.4, -0.2) is 37.5 Å². The lowest BCUT2D eigenvalue weighted by molar-refractivity contribution is -0.192. The van der Waals surface area contributed by atoms with Crippen LogP contribution >= 0.6 is 11.3 Å². The topological polar surface area (TPSA) is 96.6 Å². The van der Waals surface area contributed by atoms with Crippen molar-refractivity contribution >= 4 is 28.7 Å². The summed E-state index contributed by atoms with van der Waals surface area (Å²) in [6.45, 7) is 4.66. The molecule has 4 aromatic rings. The van der Waals surface area contributed by atoms with Gasteiger partial charge in [-0.05, 0) is 30.3 Å². The Morgan fingerprint density at radius 1 is 1.18 bits per heavy atom. The first-order chi connectivity index (χ1) is 16.1. The lowest BCUT2D eigenvalue weighted by atomic mass is 10.2. The molecule has 0 fully saturated rings. The van der Waals surface area contributed by atoms with Crippen molar-refractivity contribution in [3.05, 3.63) is 76.5 Å². The van der Waals surface area contributed by atoms with Crippen LogP contribution in [-0.2, 0) is 11.3 Å². The van der Waals surface area contributed by atoms with E-state index in [-0.39, 0.29) is 5.91 Å². The van der Waals surface area contributed by atoms with E-state index >= 15 is 0 Å². The number of carbonyl (C=O) groups excluding carboxylic acids is 1. The molecule has 34 heavy (non-hydrogen) atoms. The highest BCUT2D eigenvalue weighted by Crippen LogP contribution is 2.29. The third-order valence-corrected chi connectivity index (χ3v) is 5.74. The van der Waals surface area contributed by atoms with Gasteiger partial charge in [0.25, 0.3) is 5.91 Å². The van der Waals surface area contributed by atoms with E-state index in [1.165, 1.54) is 0 Å². The van der Waals surface area contributed by atoms with E-state index in [0.29, 0.717) is 18.0 Å². The summed E-state index contributed by atoms with van der Waals surface area (Å²) in [5.41, 5.74) is 4.16. The zero-order valence-corrected chi connectivity index (χ0v) is 19.0. The molecule has 4 rings (SSSR count). The number of hydrogen-bond acceptors (Lipinski definition) is 5. The summed E-state index contributed by atoms with van der Waals surface area (Å²) in [4.78, 5) is 30.7. The molecule has 0 bridgehead atoms. The molecule has 0 spiro atoms. The third kappa shape index (κ3) is 5.98. The van der Waals surface area contributed by atoms with Crippen molar-refractivity contribution in [3.63, 3.8) is 0 Å². The van der Waals surface area contributed by atoms with Gasteiger partial charge < -0.3 is 14.8 Å². The highest BCUT2D eigenvalue weighted by Gasteiger charge is 2.38. The first kappa shape index (κ1) is 24.9. The van der Waals surface area contributed by atoms with Gasteiger partial charge in [-0.1, -0.05) is 26.0 Å². The van der Waals surface area contributed by atoms with Crippen molar-refractivity contribution in [1.29, 1.82) is 0 Å². The molecule has 2 N–H and O–H groups in total. The minimum absolute atomic E-state index is 0.116. The van der Waals surface area contributed by atoms with Gasteiger partial charge in [-0.25, -0.2) is 9.78 Å². The Bertz CT molecular complexity index is 1280. The van der Waals surface area contributed by atoms with E-state index < -0.39 is 12.1 Å². The molecule has 1 amide bonds. The Morgan fingerprint density at radius 2 is 1.88 bits per heavy atom. The molecule has 0 atom stereocenters. The van der Waals surface area contributed by atoms with Crippen molar-refractivity contribution in [2.24, 2.45) is 0 Å². The Hall–Kier alpha value is -3.73. The molecular formula is C23H21F3N4O3S. The summed E-state index contributed by atoms with van der Waals surface area (Å²) in [7, 11) is 0. The largest absolute Gasteiger partial charge is 0.490 e. The van der Waals surface area contributed by atoms with E-state index in [4.69, 9.17) is 14.9 Å². The van der Waals surface area contributed by atoms with Crippen LogP contribution in [0.5, 0.6) is 0 Å². The number of fused-ring (bicyclic) bond motifs is 1. The first-order valence-electron chi connectivity index (χ1n) is 10.1. The summed E-state index contributed by atoms with van der Waals surface area (Å²) in [5.74, 6) is -2.49. The number of thiazole rings is 1. The molecule has 0 saturated carbocycles. The van der Waals surface area contributed by atoms with Gasteiger partial charge in [-0.2, -0.15) is 13.2 Å². The fourth-order valence-electron chi connectivity index (χ4n) is 2.97. The predicted molar refractivity (Wildman–Crippen MR) is 122 cm³/mol. The van der Waals surface area contributed by atoms with Gasteiger partial charge in [0.2, 0.25) is 0 Å². The van der Waals surface area contributed by atoms with Crippen molar-refractivity contribution in [3.8, 4) is 11.4 Å². The Labute approximate surface area is 196 Å². The molecule has 7 nitrogen and oxygen atoms in total. The molecule has 0 aromatic carbocycles. The number of amides is 1. The number of alkyl halides is 3. The second-order valence-electron chi connectivity index (χ2n) is 7.43. The molecule has 0 radical (unpaired) electrons. The van der Waals surface area contributed by atoms with E-state index in [9.17, 15) is 18.0 Å². The van der Waals surface area contributed by atoms with Crippen LogP contribution in [0.15, 0.2) is 60.2 Å². The second-order valence-corrected chi connectivity index (χ2v) is 8.32. The van der Waals surface area contributed by atoms with Crippen LogP contribution in [0, 0.1) is 0 Å². The minimum atomic E-state index is -5.08. The molecule has 4 heterocycles. The normalized spacial score (nSPS) is 11.2. The SMILES string of the molecule is CC(C)c1nc(-c2cc(C(=O)NCc3ccccn3)c3ccccn23)cs1.O=C(O)C(F)(F)F. The maximum absolute atomic E-state index is 12.8. The van der Waals surface area contributed by atoms with Gasteiger partial charge in [0.1, 0.15) is 0 Å². The zero-order chi connectivity index (χ0) is 24.9. The quantitative estimate of drug-likeness (QED) is 0.404. The number of carboxylic acids is 1. The molecule has 0 unspecified atom stereocenters. The summed E-state index contributed by atoms with van der Waals surface area (Å²) in [6.07, 6.45) is -1.39. The van der Waals surface area contributed by atoms with Gasteiger partial charge in [0.15, 0.2) is 0 Å². The van der Waals surface area contributed by atoms with Gasteiger partial charge in [-0.15, -0.1) is 11.3 Å². The number of aliphatic carboxylic acids is 1. The van der Waals surface area contributed by atoms with E-state index in [1.54, 1.807) is 17.5 Å². The van der Waals surface area contributed by atoms with Crippen LogP contribution in [0.25, 0.3) is 16.9 Å². The van der Waals surface area contributed by atoms with E-state index in [0.717, 1.165) is 27.6 Å². The summed E-state index contributed by atoms with van der Waals surface area (Å²) in [6, 6.07) is 13.4. The van der Waals surface area contributed by atoms with Gasteiger partial charge in [0.05, 0.1) is 39.7 Å². The number of halogens is 3. The van der Waals surface area contributed by atoms with Crippen molar-refractivity contribution in [2.45, 2.75) is 32.5 Å². The molecular weight excluding hydrogens is 469 g/mol. The van der Waals surface area contributed by atoms with Crippen molar-refractivity contribution in [2.75, 3.05) is 0 Å². The summed E-state index contributed by atoms with van der Waals surface area (Å²) in [5, 5.41) is 13.2. The maximum atomic E-state index is 12.8. The number of nitrogens with one attached hydrogen (secondary N) is 1. The fourth-order valence-corrected chi connectivity index (χ4v) is 3.80. The maximum Gasteiger partial charge on any atom is 0.490 e. The van der Waals surface area contributed by atoms with Crippen LogP contribution in [0.1, 0.15) is 40.8 Å². The van der Waals surface area contributed by atoms with Crippen molar-refractivity contribution < 1.29 is 27.9 Å². The van der Waals surface area contributed by atoms with E-state index in [2.05, 4.69) is 29.5 Å². The number of carbonyl (C=O) groups is 2. The minimum Gasteiger partial charge on any atom is -0.475 e. The molecule has 178 valence electrons. The van der Waals surface area contributed by atoms with Gasteiger partial charge in [0, 0.05) is 23.7 Å². The molecule has 0 saturated heterocycles. The fraction of sp³-hybridized carbons (Fsp3) is 0.217. The number of nitrogens with zero attached hydrogens (tertiary/aromatic N) is 3. The monoisotopic (exact) mass is 490 g/mol. The lowest BCUT2D eigenvalue weighted by Gasteiger charge is -2.04. The van der Waals surface area contributed by atoms with E-state index in [1.807, 2.05) is 53.1 Å². The molecule has 11 heteroatoms. The number of carboxylic acid groups (broad SMARTS) is 1. The third-order valence-electron chi connectivity index (χ3n) is 4.60. The van der Waals surface area contributed by atoms with Crippen LogP contribution < -0.4 is 5.32 Å². The molecule has 0 aliphatic heterocycles. The number of rotatable bonds is 5. The number of hydrogen-bond donors (Lipinski definition) is 2. The Kier molecular flexibility index (Phi) is 7.67. The highest BCUT2D eigenvalue weighted by atomic mass is 32.1. The Morgan fingerprint density at radius 3 is 2.47 bits per heavy atom. The van der Waals surface area contributed by atoms with Crippen LogP contribution in [0.2, 0.25) is 0 Å². The number of pyridine rings is 2. The first-order valence-corrected chi connectivity index (χ1v) is 11.0. The average Bonchev–Trinajstić information content (AvgIpc) is 3.43. The van der Waals surface area contributed by atoms with Gasteiger partial charge in [-0.3, -0.25) is 9.78 Å². The number of aromatic nitrogens is 3. The molecule has 4 aromatic heterocycles. The predicted octanol–water partition coefficient (Wildman–Crippen LogP) is 5.14. The smallest absolute Gasteiger partial charge is 0.475 e. The second kappa shape index (κ2) is 10.5. The molecule has 0 aliphatic rings. The van der Waals surface area contributed by atoms with Crippen LogP contribution in [0.4, 0.5) is 13.2 Å². The average molecular weight is 491 g/mol. The van der Waals surface area contributed by atoms with Gasteiger partial charge >= 0.3 is 12.1 Å². The van der Waals surface area contributed by atoms with Crippen LogP contribution in [0.3, 0.4) is 0 Å². The van der Waals surface area contributed by atoms with Crippen molar-refractivity contribution in [1.82, 2.24) is 19.7 Å². The lowest BCUT2D eigenvalue weighted by Crippen LogP contribution is -2.23. The summed E-state index contributed by atoms with van der Waals surface area (Å²) >= 11 is 1.65.